The minimum Gasteiger partial charge on any atom is -0.389 e. The van der Waals surface area contributed by atoms with E-state index in [1.165, 1.54) is 27.9 Å². The van der Waals surface area contributed by atoms with Gasteiger partial charge in [0.1, 0.15) is 0 Å². The van der Waals surface area contributed by atoms with Crippen molar-refractivity contribution in [3.8, 4) is 0 Å². The quantitative estimate of drug-likeness (QED) is 0.881. The van der Waals surface area contributed by atoms with Crippen molar-refractivity contribution < 1.29 is 5.11 Å². The van der Waals surface area contributed by atoms with E-state index in [0.717, 1.165) is 18.8 Å². The molecule has 2 aliphatic rings. The van der Waals surface area contributed by atoms with Gasteiger partial charge in [-0.05, 0) is 65.6 Å². The Kier molecular flexibility index (Phi) is 2.45. The van der Waals surface area contributed by atoms with Gasteiger partial charge in [0.2, 0.25) is 0 Å². The molecule has 1 heterocycles. The number of hydrogen-bond donors (Lipinski definition) is 1. The van der Waals surface area contributed by atoms with Crippen molar-refractivity contribution in [3.63, 3.8) is 0 Å². The SMILES string of the molecule is OC1(Cc2ccc(Br)s2)CC2CCC1C2. The average Bonchev–Trinajstić information content (AvgIpc) is 2.81. The predicted molar refractivity (Wildman–Crippen MR) is 66.1 cm³/mol. The maximum Gasteiger partial charge on any atom is 0.0726 e. The molecule has 0 radical (unpaired) electrons. The van der Waals surface area contributed by atoms with Crippen LogP contribution < -0.4 is 0 Å². The molecule has 0 aromatic carbocycles. The zero-order valence-corrected chi connectivity index (χ0v) is 11.0. The highest BCUT2D eigenvalue weighted by molar-refractivity contribution is 9.11. The number of fused-ring (bicyclic) bond motifs is 2. The van der Waals surface area contributed by atoms with E-state index in [1.54, 1.807) is 11.3 Å². The van der Waals surface area contributed by atoms with E-state index in [2.05, 4.69) is 28.1 Å². The lowest BCUT2D eigenvalue weighted by molar-refractivity contribution is -0.0118. The molecular formula is C12H15BrOS. The Morgan fingerprint density at radius 1 is 1.47 bits per heavy atom. The van der Waals surface area contributed by atoms with Crippen LogP contribution in [0.5, 0.6) is 0 Å². The van der Waals surface area contributed by atoms with Crippen molar-refractivity contribution in [2.45, 2.75) is 37.7 Å². The molecule has 82 valence electrons. The molecule has 15 heavy (non-hydrogen) atoms. The average molecular weight is 287 g/mol. The molecule has 2 saturated carbocycles. The molecule has 3 unspecified atom stereocenters. The maximum atomic E-state index is 10.6. The summed E-state index contributed by atoms with van der Waals surface area (Å²) in [6.45, 7) is 0. The summed E-state index contributed by atoms with van der Waals surface area (Å²) in [5.74, 6) is 1.38. The van der Waals surface area contributed by atoms with Crippen LogP contribution in [0.15, 0.2) is 15.9 Å². The van der Waals surface area contributed by atoms with Crippen molar-refractivity contribution in [1.82, 2.24) is 0 Å². The normalized spacial score (nSPS) is 38.8. The molecule has 1 nitrogen and oxygen atoms in total. The Labute approximate surface area is 103 Å². The highest BCUT2D eigenvalue weighted by atomic mass is 79.9. The van der Waals surface area contributed by atoms with Gasteiger partial charge in [0.25, 0.3) is 0 Å². The molecule has 2 bridgehead atoms. The summed E-state index contributed by atoms with van der Waals surface area (Å²) in [6, 6.07) is 4.22. The third-order valence-electron chi connectivity index (χ3n) is 4.05. The summed E-state index contributed by atoms with van der Waals surface area (Å²) in [7, 11) is 0. The van der Waals surface area contributed by atoms with E-state index in [0.29, 0.717) is 5.92 Å². The van der Waals surface area contributed by atoms with Crippen molar-refractivity contribution >= 4 is 27.3 Å². The molecule has 1 aromatic heterocycles. The third kappa shape index (κ3) is 1.79. The Bertz CT molecular complexity index is 375. The fourth-order valence-electron chi connectivity index (χ4n) is 3.38. The number of rotatable bonds is 2. The Morgan fingerprint density at radius 2 is 2.33 bits per heavy atom. The summed E-state index contributed by atoms with van der Waals surface area (Å²) in [6.07, 6.45) is 5.76. The summed E-state index contributed by atoms with van der Waals surface area (Å²) < 4.78 is 1.17. The Morgan fingerprint density at radius 3 is 2.87 bits per heavy atom. The predicted octanol–water partition coefficient (Wildman–Crippen LogP) is 3.60. The highest BCUT2D eigenvalue weighted by Crippen LogP contribution is 2.52. The molecule has 0 saturated heterocycles. The van der Waals surface area contributed by atoms with Crippen LogP contribution in [0.1, 0.15) is 30.6 Å². The van der Waals surface area contributed by atoms with Crippen LogP contribution in [0.3, 0.4) is 0 Å². The maximum absolute atomic E-state index is 10.6. The van der Waals surface area contributed by atoms with Crippen LogP contribution in [-0.4, -0.2) is 10.7 Å². The molecule has 3 atom stereocenters. The van der Waals surface area contributed by atoms with Gasteiger partial charge in [-0.3, -0.25) is 0 Å². The molecular weight excluding hydrogens is 272 g/mol. The van der Waals surface area contributed by atoms with Crippen LogP contribution in [-0.2, 0) is 6.42 Å². The second kappa shape index (κ2) is 3.57. The lowest BCUT2D eigenvalue weighted by Gasteiger charge is -2.32. The monoisotopic (exact) mass is 286 g/mol. The second-order valence-electron chi connectivity index (χ2n) is 5.07. The van der Waals surface area contributed by atoms with E-state index in [-0.39, 0.29) is 5.60 Å². The molecule has 0 spiro atoms. The number of aliphatic hydroxyl groups is 1. The van der Waals surface area contributed by atoms with Crippen LogP contribution in [0.4, 0.5) is 0 Å². The van der Waals surface area contributed by atoms with Gasteiger partial charge in [-0.25, -0.2) is 0 Å². The summed E-state index contributed by atoms with van der Waals surface area (Å²) >= 11 is 5.23. The molecule has 0 amide bonds. The topological polar surface area (TPSA) is 20.2 Å². The van der Waals surface area contributed by atoms with Gasteiger partial charge in [0, 0.05) is 11.3 Å². The lowest BCUT2D eigenvalue weighted by Crippen LogP contribution is -2.37. The largest absolute Gasteiger partial charge is 0.389 e. The van der Waals surface area contributed by atoms with Crippen molar-refractivity contribution in [3.05, 3.63) is 20.8 Å². The molecule has 1 aromatic rings. The van der Waals surface area contributed by atoms with Crippen molar-refractivity contribution in [2.75, 3.05) is 0 Å². The number of hydrogen-bond acceptors (Lipinski definition) is 2. The third-order valence-corrected chi connectivity index (χ3v) is 5.68. The number of thiophene rings is 1. The summed E-state index contributed by atoms with van der Waals surface area (Å²) in [5.41, 5.74) is -0.382. The molecule has 3 rings (SSSR count). The Hall–Kier alpha value is 0.140. The van der Waals surface area contributed by atoms with E-state index in [9.17, 15) is 5.11 Å². The fourth-order valence-corrected chi connectivity index (χ4v) is 4.98. The zero-order chi connectivity index (χ0) is 10.5. The van der Waals surface area contributed by atoms with E-state index in [1.807, 2.05) is 0 Å². The highest BCUT2D eigenvalue weighted by Gasteiger charge is 2.49. The lowest BCUT2D eigenvalue weighted by atomic mass is 9.81. The van der Waals surface area contributed by atoms with Crippen molar-refractivity contribution in [2.24, 2.45) is 11.8 Å². The first-order valence-electron chi connectivity index (χ1n) is 5.62. The van der Waals surface area contributed by atoms with Gasteiger partial charge >= 0.3 is 0 Å². The van der Waals surface area contributed by atoms with Gasteiger partial charge in [-0.2, -0.15) is 0 Å². The van der Waals surface area contributed by atoms with Crippen molar-refractivity contribution in [1.29, 1.82) is 0 Å². The standard InChI is InChI=1S/C12H15BrOS/c13-11-4-3-10(15-11)7-12(14)6-8-1-2-9(12)5-8/h3-4,8-9,14H,1-2,5-7H2. The van der Waals surface area contributed by atoms with Crippen LogP contribution >= 0.6 is 27.3 Å². The first kappa shape index (κ1) is 10.3. The van der Waals surface area contributed by atoms with Gasteiger partial charge in [0.05, 0.1) is 9.39 Å². The Balaban J connectivity index is 1.77. The van der Waals surface area contributed by atoms with Gasteiger partial charge in [0.15, 0.2) is 0 Å². The second-order valence-corrected chi connectivity index (χ2v) is 7.61. The summed E-state index contributed by atoms with van der Waals surface area (Å²) in [5, 5.41) is 10.6. The van der Waals surface area contributed by atoms with Crippen LogP contribution in [0.25, 0.3) is 0 Å². The minimum absolute atomic E-state index is 0.382. The molecule has 0 aliphatic heterocycles. The molecule has 3 heteroatoms. The van der Waals surface area contributed by atoms with Crippen LogP contribution in [0.2, 0.25) is 0 Å². The molecule has 1 N–H and O–H groups in total. The van der Waals surface area contributed by atoms with E-state index in [4.69, 9.17) is 0 Å². The number of halogens is 1. The van der Waals surface area contributed by atoms with E-state index < -0.39 is 0 Å². The van der Waals surface area contributed by atoms with Gasteiger partial charge in [-0.1, -0.05) is 0 Å². The smallest absolute Gasteiger partial charge is 0.0726 e. The van der Waals surface area contributed by atoms with Gasteiger partial charge < -0.3 is 5.11 Å². The minimum atomic E-state index is -0.382. The molecule has 2 fully saturated rings. The van der Waals surface area contributed by atoms with Gasteiger partial charge in [-0.15, -0.1) is 11.3 Å². The van der Waals surface area contributed by atoms with E-state index >= 15 is 0 Å². The zero-order valence-electron chi connectivity index (χ0n) is 8.58. The molecule has 2 aliphatic carbocycles. The first-order chi connectivity index (χ1) is 7.16. The first-order valence-corrected chi connectivity index (χ1v) is 7.23. The van der Waals surface area contributed by atoms with Crippen LogP contribution in [0, 0.1) is 11.8 Å². The summed E-state index contributed by atoms with van der Waals surface area (Å²) in [4.78, 5) is 1.32. The fraction of sp³-hybridized carbons (Fsp3) is 0.667.